The van der Waals surface area contributed by atoms with E-state index >= 15 is 0 Å². The number of carbonyl (C=O) groups is 1. The predicted octanol–water partition coefficient (Wildman–Crippen LogP) is 0.538. The smallest absolute Gasteiger partial charge is 0.234 e. The van der Waals surface area contributed by atoms with Gasteiger partial charge in [0.15, 0.2) is 0 Å². The number of carbonyl (C=O) groups excluding carboxylic acids is 1. The van der Waals surface area contributed by atoms with Gasteiger partial charge in [-0.15, -0.1) is 5.10 Å². The van der Waals surface area contributed by atoms with Crippen LogP contribution in [0.15, 0.2) is 0 Å². The van der Waals surface area contributed by atoms with E-state index in [4.69, 9.17) is 0 Å². The first-order chi connectivity index (χ1) is 8.17. The molecule has 17 heavy (non-hydrogen) atoms. The molecule has 1 aromatic heterocycles. The first-order valence-corrected chi connectivity index (χ1v) is 6.39. The molecule has 96 valence electrons. The van der Waals surface area contributed by atoms with Crippen molar-refractivity contribution in [3.63, 3.8) is 0 Å². The maximum absolute atomic E-state index is 11.5. The van der Waals surface area contributed by atoms with E-state index in [1.165, 1.54) is 11.5 Å². The minimum Gasteiger partial charge on any atom is -0.377 e. The molecule has 0 spiro atoms. The Morgan fingerprint density at radius 3 is 2.94 bits per heavy atom. The van der Waals surface area contributed by atoms with Crippen molar-refractivity contribution >= 4 is 22.4 Å². The molecule has 2 N–H and O–H groups in total. The van der Waals surface area contributed by atoms with E-state index in [-0.39, 0.29) is 5.91 Å². The molecule has 7 heteroatoms. The number of hydrogen-bond acceptors (Lipinski definition) is 6. The molecular weight excluding hydrogens is 238 g/mol. The topological polar surface area (TPSA) is 70.2 Å². The molecule has 0 saturated heterocycles. The van der Waals surface area contributed by atoms with Crippen molar-refractivity contribution in [2.75, 3.05) is 32.5 Å². The van der Waals surface area contributed by atoms with Crippen LogP contribution in [-0.4, -0.2) is 47.6 Å². The molecule has 0 unspecified atom stereocenters. The van der Waals surface area contributed by atoms with Crippen molar-refractivity contribution in [1.29, 1.82) is 0 Å². The summed E-state index contributed by atoms with van der Waals surface area (Å²) < 4.78 is 3.88. The highest BCUT2D eigenvalue weighted by Crippen LogP contribution is 2.17. The molecule has 1 rings (SSSR count). The summed E-state index contributed by atoms with van der Waals surface area (Å²) in [5.74, 6) is 0.0450. The van der Waals surface area contributed by atoms with Crippen LogP contribution in [0.25, 0.3) is 0 Å². The Morgan fingerprint density at radius 1 is 1.53 bits per heavy atom. The predicted molar refractivity (Wildman–Crippen MR) is 69.1 cm³/mol. The van der Waals surface area contributed by atoms with Gasteiger partial charge in [0.05, 0.1) is 6.54 Å². The third-order valence-electron chi connectivity index (χ3n) is 2.19. The number of anilines is 1. The summed E-state index contributed by atoms with van der Waals surface area (Å²) in [6.07, 6.45) is 0.954. The van der Waals surface area contributed by atoms with E-state index in [2.05, 4.69) is 20.2 Å². The number of nitrogens with one attached hydrogen (secondary N) is 2. The van der Waals surface area contributed by atoms with Gasteiger partial charge < -0.3 is 10.6 Å². The largest absolute Gasteiger partial charge is 0.377 e. The summed E-state index contributed by atoms with van der Waals surface area (Å²) in [6, 6.07) is 0. The third-order valence-corrected chi connectivity index (χ3v) is 2.97. The van der Waals surface area contributed by atoms with Crippen molar-refractivity contribution in [1.82, 2.24) is 19.8 Å². The minimum absolute atomic E-state index is 0.0450. The standard InChI is InChI=1S/C10H19N5OS/c1-4-5-12-9(16)7-15(3)6-8-10(11-2)17-14-13-8/h11H,4-7H2,1-3H3,(H,12,16). The third kappa shape index (κ3) is 4.66. The zero-order valence-electron chi connectivity index (χ0n) is 10.5. The molecule has 0 aliphatic carbocycles. The van der Waals surface area contributed by atoms with Gasteiger partial charge in [-0.1, -0.05) is 11.4 Å². The molecule has 0 aliphatic rings. The molecule has 0 radical (unpaired) electrons. The quantitative estimate of drug-likeness (QED) is 0.746. The summed E-state index contributed by atoms with van der Waals surface area (Å²) >= 11 is 1.32. The van der Waals surface area contributed by atoms with Crippen LogP contribution >= 0.6 is 11.5 Å². The highest BCUT2D eigenvalue weighted by molar-refractivity contribution is 7.10. The van der Waals surface area contributed by atoms with Crippen LogP contribution in [0.4, 0.5) is 5.00 Å². The van der Waals surface area contributed by atoms with Crippen LogP contribution in [0.1, 0.15) is 19.0 Å². The summed E-state index contributed by atoms with van der Waals surface area (Å²) in [5, 5.41) is 10.9. The monoisotopic (exact) mass is 257 g/mol. The van der Waals surface area contributed by atoms with Crippen molar-refractivity contribution in [2.45, 2.75) is 19.9 Å². The van der Waals surface area contributed by atoms with Gasteiger partial charge in [0.2, 0.25) is 5.91 Å². The molecule has 0 bridgehead atoms. The van der Waals surface area contributed by atoms with Gasteiger partial charge in [-0.2, -0.15) is 0 Å². The van der Waals surface area contributed by atoms with E-state index in [0.717, 1.165) is 23.7 Å². The van der Waals surface area contributed by atoms with Crippen LogP contribution in [0.3, 0.4) is 0 Å². The van der Waals surface area contributed by atoms with E-state index in [1.807, 2.05) is 25.9 Å². The average molecular weight is 257 g/mol. The lowest BCUT2D eigenvalue weighted by atomic mass is 10.4. The van der Waals surface area contributed by atoms with Crippen molar-refractivity contribution in [3.8, 4) is 0 Å². The zero-order chi connectivity index (χ0) is 12.7. The lowest BCUT2D eigenvalue weighted by Crippen LogP contribution is -2.35. The molecule has 6 nitrogen and oxygen atoms in total. The summed E-state index contributed by atoms with van der Waals surface area (Å²) in [5.41, 5.74) is 0.878. The van der Waals surface area contributed by atoms with E-state index in [9.17, 15) is 4.79 Å². The summed E-state index contributed by atoms with van der Waals surface area (Å²) in [6.45, 7) is 3.75. The molecule has 1 amide bonds. The molecular formula is C10H19N5OS. The van der Waals surface area contributed by atoms with Crippen molar-refractivity contribution < 1.29 is 4.79 Å². The number of hydrogen-bond donors (Lipinski definition) is 2. The molecule has 0 aliphatic heterocycles. The number of likely N-dealkylation sites (N-methyl/N-ethyl adjacent to an activating group) is 1. The first-order valence-electron chi connectivity index (χ1n) is 5.61. The van der Waals surface area contributed by atoms with Crippen LogP contribution < -0.4 is 10.6 Å². The van der Waals surface area contributed by atoms with Crippen LogP contribution in [0, 0.1) is 0 Å². The van der Waals surface area contributed by atoms with Crippen LogP contribution in [0.2, 0.25) is 0 Å². The van der Waals surface area contributed by atoms with Gasteiger partial charge in [-0.05, 0) is 13.5 Å². The van der Waals surface area contributed by atoms with Gasteiger partial charge in [-0.3, -0.25) is 9.69 Å². The maximum atomic E-state index is 11.5. The maximum Gasteiger partial charge on any atom is 0.234 e. The van der Waals surface area contributed by atoms with Gasteiger partial charge >= 0.3 is 0 Å². The van der Waals surface area contributed by atoms with Gasteiger partial charge in [-0.25, -0.2) is 0 Å². The minimum atomic E-state index is 0.0450. The van der Waals surface area contributed by atoms with E-state index in [1.54, 1.807) is 0 Å². The summed E-state index contributed by atoms with van der Waals surface area (Å²) in [4.78, 5) is 13.4. The number of amides is 1. The fourth-order valence-corrected chi connectivity index (χ4v) is 1.90. The Kier molecular flexibility index (Phi) is 5.85. The molecule has 1 aromatic rings. The fourth-order valence-electron chi connectivity index (χ4n) is 1.38. The Labute approximate surface area is 106 Å². The Hall–Kier alpha value is -1.21. The second-order valence-corrected chi connectivity index (χ2v) is 4.58. The van der Waals surface area contributed by atoms with Crippen molar-refractivity contribution in [3.05, 3.63) is 5.69 Å². The van der Waals surface area contributed by atoms with Gasteiger partial charge in [0, 0.05) is 31.7 Å². The second-order valence-electron chi connectivity index (χ2n) is 3.82. The SMILES string of the molecule is CCCNC(=O)CN(C)Cc1nnsc1NC. The highest BCUT2D eigenvalue weighted by atomic mass is 32.1. The second kappa shape index (κ2) is 7.18. The van der Waals surface area contributed by atoms with E-state index in [0.29, 0.717) is 13.1 Å². The van der Waals surface area contributed by atoms with Crippen molar-refractivity contribution in [2.24, 2.45) is 0 Å². The Balaban J connectivity index is 2.39. The average Bonchev–Trinajstić information content (AvgIpc) is 2.73. The summed E-state index contributed by atoms with van der Waals surface area (Å²) in [7, 11) is 3.73. The lowest BCUT2D eigenvalue weighted by molar-refractivity contribution is -0.122. The normalized spacial score (nSPS) is 10.6. The van der Waals surface area contributed by atoms with Crippen LogP contribution in [0.5, 0.6) is 0 Å². The number of nitrogens with zero attached hydrogens (tertiary/aromatic N) is 3. The molecule has 0 saturated carbocycles. The van der Waals surface area contributed by atoms with E-state index < -0.39 is 0 Å². The van der Waals surface area contributed by atoms with Crippen LogP contribution in [-0.2, 0) is 11.3 Å². The van der Waals surface area contributed by atoms with Gasteiger partial charge in [0.25, 0.3) is 0 Å². The lowest BCUT2D eigenvalue weighted by Gasteiger charge is -2.15. The number of aromatic nitrogens is 2. The van der Waals surface area contributed by atoms with Gasteiger partial charge in [0.1, 0.15) is 10.7 Å². The molecule has 0 fully saturated rings. The molecule has 1 heterocycles. The zero-order valence-corrected chi connectivity index (χ0v) is 11.3. The molecule has 0 atom stereocenters. The number of rotatable bonds is 7. The fraction of sp³-hybridized carbons (Fsp3) is 0.700. The Bertz CT molecular complexity index is 354. The highest BCUT2D eigenvalue weighted by Gasteiger charge is 2.11. The Morgan fingerprint density at radius 2 is 2.29 bits per heavy atom. The molecule has 0 aromatic carbocycles. The first kappa shape index (κ1) is 13.9.